The van der Waals surface area contributed by atoms with Gasteiger partial charge in [0.1, 0.15) is 18.0 Å². The zero-order valence-electron chi connectivity index (χ0n) is 14.5. The van der Waals surface area contributed by atoms with Crippen LogP contribution in [0.15, 0.2) is 54.6 Å². The zero-order valence-corrected chi connectivity index (χ0v) is 14.5. The molecule has 27 heavy (non-hydrogen) atoms. The van der Waals surface area contributed by atoms with E-state index in [1.54, 1.807) is 0 Å². The Morgan fingerprint density at radius 2 is 1.74 bits per heavy atom. The molecule has 0 aliphatic carbocycles. The minimum absolute atomic E-state index is 0.0258. The van der Waals surface area contributed by atoms with Crippen LogP contribution in [0.4, 0.5) is 14.9 Å². The van der Waals surface area contributed by atoms with Crippen LogP contribution < -0.4 is 10.6 Å². The predicted octanol–water partition coefficient (Wildman–Crippen LogP) is 2.78. The Bertz CT molecular complexity index is 860. The molecule has 4 atom stereocenters. The van der Waals surface area contributed by atoms with Crippen molar-refractivity contribution in [1.82, 2.24) is 5.32 Å². The number of urea groups is 1. The highest BCUT2D eigenvalue weighted by Crippen LogP contribution is 2.31. The normalized spacial score (nSPS) is 26.0. The molecule has 4 rings (SSSR count). The summed E-state index contributed by atoms with van der Waals surface area (Å²) in [5, 5.41) is 5.54. The van der Waals surface area contributed by atoms with Crippen LogP contribution in [-0.4, -0.2) is 37.5 Å². The molecule has 138 valence electrons. The van der Waals surface area contributed by atoms with E-state index in [0.29, 0.717) is 18.9 Å². The number of amides is 2. The van der Waals surface area contributed by atoms with Crippen LogP contribution in [0, 0.1) is 23.6 Å². The van der Waals surface area contributed by atoms with E-state index in [9.17, 15) is 9.18 Å². The largest absolute Gasteiger partial charge is 0.372 e. The molecule has 0 spiro atoms. The third-order valence-electron chi connectivity index (χ3n) is 4.65. The van der Waals surface area contributed by atoms with E-state index in [1.807, 2.05) is 30.3 Å². The molecule has 0 saturated carbocycles. The number of carbonyl (C=O) groups is 1. The lowest BCUT2D eigenvalue weighted by Crippen LogP contribution is -2.45. The number of carbonyl (C=O) groups excluding carboxylic acids is 1. The number of benzene rings is 2. The number of nitrogens with one attached hydrogen (secondary N) is 2. The Hall–Kier alpha value is -2.88. The quantitative estimate of drug-likeness (QED) is 0.804. The van der Waals surface area contributed by atoms with E-state index in [-0.39, 0.29) is 36.0 Å². The third kappa shape index (κ3) is 4.11. The van der Waals surface area contributed by atoms with E-state index in [1.165, 1.54) is 24.3 Å². The van der Waals surface area contributed by atoms with Gasteiger partial charge in [0.15, 0.2) is 0 Å². The fraction of sp³-hybridized carbons (Fsp3) is 0.286. The first-order valence-electron chi connectivity index (χ1n) is 8.82. The second-order valence-corrected chi connectivity index (χ2v) is 6.55. The minimum atomic E-state index is -0.377. The van der Waals surface area contributed by atoms with Gasteiger partial charge in [-0.3, -0.25) is 0 Å². The van der Waals surface area contributed by atoms with Gasteiger partial charge in [-0.1, -0.05) is 30.0 Å². The number of hydrogen-bond donors (Lipinski definition) is 2. The van der Waals surface area contributed by atoms with Crippen molar-refractivity contribution in [3.8, 4) is 11.8 Å². The van der Waals surface area contributed by atoms with E-state index >= 15 is 0 Å². The van der Waals surface area contributed by atoms with E-state index in [2.05, 4.69) is 22.5 Å². The van der Waals surface area contributed by atoms with Crippen LogP contribution in [0.3, 0.4) is 0 Å². The Balaban J connectivity index is 1.34. The molecule has 2 aromatic carbocycles. The Kier molecular flexibility index (Phi) is 5.05. The molecule has 2 aromatic rings. The van der Waals surface area contributed by atoms with Crippen molar-refractivity contribution in [2.45, 2.75) is 18.2 Å². The van der Waals surface area contributed by atoms with Crippen molar-refractivity contribution in [3.05, 3.63) is 66.0 Å². The van der Waals surface area contributed by atoms with Gasteiger partial charge < -0.3 is 20.1 Å². The second kappa shape index (κ2) is 7.78. The molecule has 2 heterocycles. The summed E-state index contributed by atoms with van der Waals surface area (Å²) in [5.74, 6) is 6.00. The predicted molar refractivity (Wildman–Crippen MR) is 98.6 cm³/mol. The van der Waals surface area contributed by atoms with Crippen molar-refractivity contribution in [3.63, 3.8) is 0 Å². The molecule has 0 radical (unpaired) electrons. The van der Waals surface area contributed by atoms with Gasteiger partial charge in [0.25, 0.3) is 0 Å². The Labute approximate surface area is 156 Å². The molecule has 0 unspecified atom stereocenters. The maximum absolute atomic E-state index is 12.9. The number of halogens is 1. The highest BCUT2D eigenvalue weighted by atomic mass is 19.1. The number of hydrogen-bond acceptors (Lipinski definition) is 3. The SMILES string of the molecule is O=C(Nc1ccc(F)cc1)N[C@H]1CO[C@@H]2[C@@H]1OC[C@H]2C#Cc1ccccc1. The molecule has 2 amide bonds. The molecule has 2 fully saturated rings. The summed E-state index contributed by atoms with van der Waals surface area (Å²) in [4.78, 5) is 12.2. The summed E-state index contributed by atoms with van der Waals surface area (Å²) in [5.41, 5.74) is 1.47. The molecular weight excluding hydrogens is 347 g/mol. The number of fused-ring (bicyclic) bond motifs is 1. The van der Waals surface area contributed by atoms with Gasteiger partial charge in [-0.05, 0) is 36.4 Å². The van der Waals surface area contributed by atoms with Crippen LogP contribution in [0.5, 0.6) is 0 Å². The van der Waals surface area contributed by atoms with Crippen LogP contribution in [-0.2, 0) is 9.47 Å². The fourth-order valence-corrected chi connectivity index (χ4v) is 3.31. The maximum atomic E-state index is 12.9. The molecule has 2 saturated heterocycles. The minimum Gasteiger partial charge on any atom is -0.372 e. The highest BCUT2D eigenvalue weighted by Gasteiger charge is 2.47. The van der Waals surface area contributed by atoms with Gasteiger partial charge in [0.2, 0.25) is 0 Å². The third-order valence-corrected chi connectivity index (χ3v) is 4.65. The molecule has 6 heteroatoms. The lowest BCUT2D eigenvalue weighted by Gasteiger charge is -2.17. The smallest absolute Gasteiger partial charge is 0.319 e. The monoisotopic (exact) mass is 366 g/mol. The standard InChI is InChI=1S/C21H19FN2O3/c22-16-8-10-17(11-9-16)23-21(25)24-18-13-27-19-15(12-26-20(18)19)7-6-14-4-2-1-3-5-14/h1-5,8-11,15,18-20H,12-13H2,(H2,23,24,25)/t15-,18+,19+,20-/m1/s1. The molecular formula is C21H19FN2O3. The fourth-order valence-electron chi connectivity index (χ4n) is 3.31. The van der Waals surface area contributed by atoms with Crippen LogP contribution in [0.1, 0.15) is 5.56 Å². The molecule has 2 N–H and O–H groups in total. The first-order chi connectivity index (χ1) is 13.2. The van der Waals surface area contributed by atoms with Crippen molar-refractivity contribution in [2.75, 3.05) is 18.5 Å². The van der Waals surface area contributed by atoms with Crippen molar-refractivity contribution < 1.29 is 18.7 Å². The van der Waals surface area contributed by atoms with E-state index < -0.39 is 0 Å². The molecule has 0 bridgehead atoms. The number of rotatable bonds is 2. The van der Waals surface area contributed by atoms with Gasteiger partial charge in [0.05, 0.1) is 25.2 Å². The highest BCUT2D eigenvalue weighted by molar-refractivity contribution is 5.89. The number of ether oxygens (including phenoxy) is 2. The average Bonchev–Trinajstić information content (AvgIpc) is 3.26. The first-order valence-corrected chi connectivity index (χ1v) is 8.82. The van der Waals surface area contributed by atoms with Gasteiger partial charge in [-0.15, -0.1) is 0 Å². The summed E-state index contributed by atoms with van der Waals surface area (Å²) in [6, 6.07) is 14.7. The number of anilines is 1. The van der Waals surface area contributed by atoms with E-state index in [4.69, 9.17) is 9.47 Å². The van der Waals surface area contributed by atoms with Crippen LogP contribution >= 0.6 is 0 Å². The summed E-state index contributed by atoms with van der Waals surface area (Å²) in [6.07, 6.45) is -0.378. The zero-order chi connectivity index (χ0) is 18.6. The Morgan fingerprint density at radius 3 is 2.52 bits per heavy atom. The van der Waals surface area contributed by atoms with Crippen molar-refractivity contribution in [2.24, 2.45) is 5.92 Å². The topological polar surface area (TPSA) is 59.6 Å². The van der Waals surface area contributed by atoms with Crippen molar-refractivity contribution >= 4 is 11.7 Å². The summed E-state index contributed by atoms with van der Waals surface area (Å²) >= 11 is 0. The second-order valence-electron chi connectivity index (χ2n) is 6.55. The van der Waals surface area contributed by atoms with Crippen LogP contribution in [0.25, 0.3) is 0 Å². The summed E-state index contributed by atoms with van der Waals surface area (Å²) in [6.45, 7) is 0.850. The van der Waals surface area contributed by atoms with Gasteiger partial charge in [0, 0.05) is 11.3 Å². The molecule has 5 nitrogen and oxygen atoms in total. The molecule has 2 aliphatic rings. The van der Waals surface area contributed by atoms with Gasteiger partial charge in [-0.2, -0.15) is 0 Å². The van der Waals surface area contributed by atoms with Gasteiger partial charge in [-0.25, -0.2) is 9.18 Å². The maximum Gasteiger partial charge on any atom is 0.319 e. The lowest BCUT2D eigenvalue weighted by molar-refractivity contribution is 0.0666. The molecule has 2 aliphatic heterocycles. The average molecular weight is 366 g/mol. The summed E-state index contributed by atoms with van der Waals surface area (Å²) in [7, 11) is 0. The Morgan fingerprint density at radius 1 is 1.00 bits per heavy atom. The molecule has 0 aromatic heterocycles. The first kappa shape index (κ1) is 17.5. The van der Waals surface area contributed by atoms with E-state index in [0.717, 1.165) is 5.56 Å². The van der Waals surface area contributed by atoms with Crippen LogP contribution in [0.2, 0.25) is 0 Å². The summed E-state index contributed by atoms with van der Waals surface area (Å²) < 4.78 is 24.6. The van der Waals surface area contributed by atoms with Crippen molar-refractivity contribution in [1.29, 1.82) is 0 Å². The van der Waals surface area contributed by atoms with Gasteiger partial charge >= 0.3 is 6.03 Å². The lowest BCUT2D eigenvalue weighted by atomic mass is 10.0.